The Morgan fingerprint density at radius 3 is 2.43 bits per heavy atom. The molecule has 0 aliphatic heterocycles. The third-order valence-electron chi connectivity index (χ3n) is 4.83. The van der Waals surface area contributed by atoms with E-state index in [9.17, 15) is 32.9 Å². The second-order valence-corrected chi connectivity index (χ2v) is 9.55. The summed E-state index contributed by atoms with van der Waals surface area (Å²) in [5.41, 5.74) is -4.57. The lowest BCUT2D eigenvalue weighted by Crippen LogP contribution is -2.43. The summed E-state index contributed by atoms with van der Waals surface area (Å²) in [6, 6.07) is 3.83. The highest BCUT2D eigenvalue weighted by Crippen LogP contribution is 2.47. The highest BCUT2D eigenvalue weighted by Gasteiger charge is 2.47. The molecule has 0 atom stereocenters. The van der Waals surface area contributed by atoms with Crippen molar-refractivity contribution in [1.82, 2.24) is 19.9 Å². The molecule has 3 N–H and O–H groups in total. The number of hydrogen-bond donors (Lipinski definition) is 3. The van der Waals surface area contributed by atoms with Gasteiger partial charge in [0.05, 0.1) is 39.9 Å². The van der Waals surface area contributed by atoms with Crippen molar-refractivity contribution in [2.45, 2.75) is 38.0 Å². The first-order valence-corrected chi connectivity index (χ1v) is 11.1. The van der Waals surface area contributed by atoms with E-state index in [1.165, 1.54) is 32.2 Å². The molecule has 0 radical (unpaired) electrons. The second kappa shape index (κ2) is 8.68. The van der Waals surface area contributed by atoms with Crippen molar-refractivity contribution >= 4 is 22.9 Å². The molecule has 0 saturated heterocycles. The first-order valence-electron chi connectivity index (χ1n) is 9.88. The third-order valence-corrected chi connectivity index (χ3v) is 5.93. The Balaban J connectivity index is 2.00. The number of thiazole rings is 1. The first kappa shape index (κ1) is 25.3. The van der Waals surface area contributed by atoms with Crippen molar-refractivity contribution in [1.29, 1.82) is 0 Å². The minimum Gasteiger partial charge on any atom is -0.390 e. The summed E-state index contributed by atoms with van der Waals surface area (Å²) in [6.07, 6.45) is -3.98. The van der Waals surface area contributed by atoms with Gasteiger partial charge in [0.1, 0.15) is 16.5 Å². The molecule has 4 rings (SSSR count). The molecule has 0 amide bonds. The largest absolute Gasteiger partial charge is 0.433 e. The molecule has 0 aliphatic rings. The van der Waals surface area contributed by atoms with Crippen LogP contribution < -0.4 is 0 Å². The van der Waals surface area contributed by atoms with Gasteiger partial charge in [-0.2, -0.15) is 18.3 Å². The Labute approximate surface area is 204 Å². The van der Waals surface area contributed by atoms with E-state index in [2.05, 4.69) is 15.2 Å². The standard InChI is InChI=1S/C21H17ClF4N4O4S/c1-19(2,31)9-20(32,33)30-17(21(24,25)26)10(8-28-30)16-14(18-27-6-7-35-18)15(29-34-16)13-11(22)4-3-5-12(13)23/h3-8,31-33H,9H2,1-2H3. The van der Waals surface area contributed by atoms with Crippen LogP contribution in [-0.2, 0) is 12.1 Å². The molecule has 0 bridgehead atoms. The van der Waals surface area contributed by atoms with Gasteiger partial charge in [0, 0.05) is 11.6 Å². The van der Waals surface area contributed by atoms with E-state index in [0.717, 1.165) is 17.4 Å². The normalized spacial score (nSPS) is 13.0. The molecule has 3 heterocycles. The first-order chi connectivity index (χ1) is 16.2. The van der Waals surface area contributed by atoms with Gasteiger partial charge < -0.3 is 19.8 Å². The fourth-order valence-electron chi connectivity index (χ4n) is 3.63. The zero-order valence-electron chi connectivity index (χ0n) is 18.0. The number of rotatable bonds is 6. The monoisotopic (exact) mass is 532 g/mol. The van der Waals surface area contributed by atoms with Gasteiger partial charge in [0.25, 0.3) is 5.91 Å². The summed E-state index contributed by atoms with van der Waals surface area (Å²) < 4.78 is 62.5. The van der Waals surface area contributed by atoms with E-state index in [1.54, 1.807) is 5.38 Å². The number of hydrogen-bond acceptors (Lipinski definition) is 8. The fourth-order valence-corrected chi connectivity index (χ4v) is 4.56. The van der Waals surface area contributed by atoms with Crippen molar-refractivity contribution in [3.05, 3.63) is 52.5 Å². The molecular formula is C21H17ClF4N4O4S. The number of aliphatic hydroxyl groups is 3. The van der Waals surface area contributed by atoms with Crippen LogP contribution in [0.1, 0.15) is 26.0 Å². The number of halogens is 5. The number of nitrogens with zero attached hydrogens (tertiary/aromatic N) is 4. The van der Waals surface area contributed by atoms with Gasteiger partial charge >= 0.3 is 6.18 Å². The molecule has 0 aliphatic carbocycles. The second-order valence-electron chi connectivity index (χ2n) is 8.25. The summed E-state index contributed by atoms with van der Waals surface area (Å²) >= 11 is 7.18. The molecule has 0 saturated carbocycles. The van der Waals surface area contributed by atoms with Crippen LogP contribution in [0.4, 0.5) is 17.6 Å². The summed E-state index contributed by atoms with van der Waals surface area (Å²) in [5, 5.41) is 39.7. The molecule has 0 spiro atoms. The van der Waals surface area contributed by atoms with Gasteiger partial charge in [-0.1, -0.05) is 22.8 Å². The van der Waals surface area contributed by atoms with Crippen LogP contribution in [0.15, 0.2) is 40.5 Å². The van der Waals surface area contributed by atoms with Crippen LogP contribution in [0.5, 0.6) is 0 Å². The van der Waals surface area contributed by atoms with Crippen LogP contribution in [0.2, 0.25) is 5.02 Å². The Hall–Kier alpha value is -2.84. The summed E-state index contributed by atoms with van der Waals surface area (Å²) in [5.74, 6) is -4.51. The minimum atomic E-state index is -5.16. The lowest BCUT2D eigenvalue weighted by molar-refractivity contribution is -0.270. The molecular weight excluding hydrogens is 516 g/mol. The zero-order valence-corrected chi connectivity index (χ0v) is 19.6. The van der Waals surface area contributed by atoms with E-state index >= 15 is 0 Å². The highest BCUT2D eigenvalue weighted by molar-refractivity contribution is 7.13. The Morgan fingerprint density at radius 2 is 1.86 bits per heavy atom. The molecule has 186 valence electrons. The minimum absolute atomic E-state index is 0.0653. The lowest BCUT2D eigenvalue weighted by Gasteiger charge is -2.30. The number of aromatic nitrogens is 4. The Morgan fingerprint density at radius 1 is 1.14 bits per heavy atom. The maximum atomic E-state index is 14.7. The summed E-state index contributed by atoms with van der Waals surface area (Å²) in [4.78, 5) is 4.10. The number of alkyl halides is 3. The van der Waals surface area contributed by atoms with E-state index in [-0.39, 0.29) is 31.5 Å². The van der Waals surface area contributed by atoms with Gasteiger partial charge in [-0.05, 0) is 26.0 Å². The Kier molecular flexibility index (Phi) is 6.26. The van der Waals surface area contributed by atoms with Crippen LogP contribution >= 0.6 is 22.9 Å². The van der Waals surface area contributed by atoms with Crippen molar-refractivity contribution in [2.75, 3.05) is 0 Å². The van der Waals surface area contributed by atoms with E-state index < -0.39 is 46.9 Å². The van der Waals surface area contributed by atoms with Crippen LogP contribution in [0.25, 0.3) is 33.2 Å². The van der Waals surface area contributed by atoms with Gasteiger partial charge in [-0.3, -0.25) is 0 Å². The van der Waals surface area contributed by atoms with Gasteiger partial charge in [-0.25, -0.2) is 14.1 Å². The third kappa shape index (κ3) is 4.82. The van der Waals surface area contributed by atoms with E-state index in [0.29, 0.717) is 6.20 Å². The molecule has 0 fully saturated rings. The smallest absolute Gasteiger partial charge is 0.390 e. The summed E-state index contributed by atoms with van der Waals surface area (Å²) in [6.45, 7) is 2.38. The highest BCUT2D eigenvalue weighted by atomic mass is 35.5. The molecule has 35 heavy (non-hydrogen) atoms. The van der Waals surface area contributed by atoms with Gasteiger partial charge in [0.2, 0.25) is 0 Å². The van der Waals surface area contributed by atoms with Crippen molar-refractivity contribution in [3.63, 3.8) is 0 Å². The van der Waals surface area contributed by atoms with Gasteiger partial charge in [0.15, 0.2) is 11.5 Å². The van der Waals surface area contributed by atoms with Crippen molar-refractivity contribution in [2.24, 2.45) is 0 Å². The topological polar surface area (TPSA) is 117 Å². The van der Waals surface area contributed by atoms with Crippen LogP contribution in [0.3, 0.4) is 0 Å². The molecule has 1 aromatic carbocycles. The molecule has 8 nitrogen and oxygen atoms in total. The predicted octanol–water partition coefficient (Wildman–Crippen LogP) is 4.90. The van der Waals surface area contributed by atoms with Crippen molar-refractivity contribution < 1.29 is 37.4 Å². The quantitative estimate of drug-likeness (QED) is 0.239. The molecule has 3 aromatic heterocycles. The average molecular weight is 533 g/mol. The SMILES string of the molecule is CC(C)(O)CC(O)(O)n1ncc(-c2onc(-c3c(F)cccc3Cl)c2-c2nccs2)c1C(F)(F)F. The van der Waals surface area contributed by atoms with Crippen molar-refractivity contribution in [3.8, 4) is 33.2 Å². The van der Waals surface area contributed by atoms with E-state index in [4.69, 9.17) is 16.1 Å². The molecule has 4 aromatic rings. The zero-order chi connectivity index (χ0) is 25.8. The van der Waals surface area contributed by atoms with Crippen LogP contribution in [-0.4, -0.2) is 40.8 Å². The molecule has 14 heteroatoms. The number of benzene rings is 1. The maximum absolute atomic E-state index is 14.7. The maximum Gasteiger partial charge on any atom is 0.433 e. The van der Waals surface area contributed by atoms with Crippen LogP contribution in [0, 0.1) is 5.82 Å². The average Bonchev–Trinajstić information content (AvgIpc) is 3.44. The predicted molar refractivity (Wildman–Crippen MR) is 118 cm³/mol. The molecule has 0 unspecified atom stereocenters. The van der Waals surface area contributed by atoms with Gasteiger partial charge in [-0.15, -0.1) is 11.3 Å². The Bertz CT molecular complexity index is 1340. The fraction of sp³-hybridized carbons (Fsp3) is 0.286. The van der Waals surface area contributed by atoms with E-state index in [1.807, 2.05) is 0 Å². The lowest BCUT2D eigenvalue weighted by atomic mass is 10.0. The summed E-state index contributed by atoms with van der Waals surface area (Å²) in [7, 11) is 0.